The van der Waals surface area contributed by atoms with Crippen molar-refractivity contribution < 1.29 is 14.6 Å². The number of aromatic nitrogens is 2. The van der Waals surface area contributed by atoms with Crippen LogP contribution in [0.4, 0.5) is 0 Å². The molecule has 6 heteroatoms. The third-order valence-corrected chi connectivity index (χ3v) is 2.83. The van der Waals surface area contributed by atoms with Crippen molar-refractivity contribution >= 4 is 17.7 Å². The van der Waals surface area contributed by atoms with Gasteiger partial charge in [-0.2, -0.15) is 8.75 Å². The number of carboxylic acids is 1. The zero-order chi connectivity index (χ0) is 12.4. The monoisotopic (exact) mass is 250 g/mol. The van der Waals surface area contributed by atoms with Crippen LogP contribution in [0.3, 0.4) is 0 Å². The van der Waals surface area contributed by atoms with E-state index in [4.69, 9.17) is 9.84 Å². The van der Waals surface area contributed by atoms with Gasteiger partial charge in [0.25, 0.3) is 0 Å². The Bertz CT molecular complexity index is 566. The van der Waals surface area contributed by atoms with Gasteiger partial charge in [-0.15, -0.1) is 0 Å². The molecule has 0 aliphatic heterocycles. The van der Waals surface area contributed by atoms with Crippen molar-refractivity contribution in [3.63, 3.8) is 0 Å². The molecule has 5 nitrogen and oxygen atoms in total. The molecule has 0 saturated carbocycles. The molecule has 2 rings (SSSR count). The standard InChI is InChI=1S/C11H10N2O3S/c1-6-3-4-8(16-2)7(5-6)9-10(11(14)15)13-17-12-9/h3-5H,1-2H3,(H,14,15). The van der Waals surface area contributed by atoms with Crippen LogP contribution < -0.4 is 4.74 Å². The van der Waals surface area contributed by atoms with E-state index in [1.165, 1.54) is 7.11 Å². The number of carboxylic acid groups (broad SMARTS) is 1. The summed E-state index contributed by atoms with van der Waals surface area (Å²) in [6.07, 6.45) is 0. The van der Waals surface area contributed by atoms with Crippen LogP contribution in [-0.2, 0) is 0 Å². The molecule has 1 aromatic carbocycles. The van der Waals surface area contributed by atoms with Crippen LogP contribution in [0, 0.1) is 6.92 Å². The lowest BCUT2D eigenvalue weighted by Gasteiger charge is -2.07. The molecule has 0 spiro atoms. The number of nitrogens with zero attached hydrogens (tertiary/aromatic N) is 2. The smallest absolute Gasteiger partial charge is 0.357 e. The van der Waals surface area contributed by atoms with E-state index in [-0.39, 0.29) is 5.69 Å². The number of methoxy groups -OCH3 is 1. The van der Waals surface area contributed by atoms with Gasteiger partial charge in [-0.3, -0.25) is 0 Å². The molecule has 0 unspecified atom stereocenters. The summed E-state index contributed by atoms with van der Waals surface area (Å²) in [5.74, 6) is -0.497. The fraction of sp³-hybridized carbons (Fsp3) is 0.182. The first-order chi connectivity index (χ1) is 8.13. The van der Waals surface area contributed by atoms with Crippen LogP contribution >= 0.6 is 11.7 Å². The first kappa shape index (κ1) is 11.5. The maximum Gasteiger partial charge on any atom is 0.357 e. The van der Waals surface area contributed by atoms with Crippen LogP contribution in [0.2, 0.25) is 0 Å². The molecule has 0 saturated heterocycles. The topological polar surface area (TPSA) is 72.3 Å². The maximum atomic E-state index is 11.0. The van der Waals surface area contributed by atoms with Gasteiger partial charge in [0.2, 0.25) is 0 Å². The number of benzene rings is 1. The Morgan fingerprint density at radius 2 is 2.18 bits per heavy atom. The van der Waals surface area contributed by atoms with E-state index in [0.717, 1.165) is 17.3 Å². The lowest BCUT2D eigenvalue weighted by atomic mass is 10.1. The quantitative estimate of drug-likeness (QED) is 0.904. The Hall–Kier alpha value is -1.95. The molecular formula is C11H10N2O3S. The minimum absolute atomic E-state index is 0.0427. The van der Waals surface area contributed by atoms with E-state index in [9.17, 15) is 4.79 Å². The molecule has 0 aliphatic carbocycles. The second-order valence-corrected chi connectivity index (χ2v) is 4.00. The highest BCUT2D eigenvalue weighted by molar-refractivity contribution is 6.99. The number of hydrogen-bond donors (Lipinski definition) is 1. The van der Waals surface area contributed by atoms with Gasteiger partial charge in [0.05, 0.1) is 18.8 Å². The SMILES string of the molecule is COc1ccc(C)cc1-c1nsnc1C(=O)O. The lowest BCUT2D eigenvalue weighted by molar-refractivity contribution is 0.0692. The predicted octanol–water partition coefficient (Wildman–Crippen LogP) is 2.22. The highest BCUT2D eigenvalue weighted by Crippen LogP contribution is 2.31. The van der Waals surface area contributed by atoms with Crippen molar-refractivity contribution in [2.75, 3.05) is 7.11 Å². The molecular weight excluding hydrogens is 240 g/mol. The molecule has 1 heterocycles. The van der Waals surface area contributed by atoms with Crippen LogP contribution in [0.1, 0.15) is 16.1 Å². The van der Waals surface area contributed by atoms with Crippen LogP contribution in [0.15, 0.2) is 18.2 Å². The Labute approximate surface area is 102 Å². The van der Waals surface area contributed by atoms with Gasteiger partial charge in [0.15, 0.2) is 5.69 Å². The van der Waals surface area contributed by atoms with Crippen LogP contribution in [-0.4, -0.2) is 26.9 Å². The number of hydrogen-bond acceptors (Lipinski definition) is 5. The summed E-state index contributed by atoms with van der Waals surface area (Å²) in [7, 11) is 1.54. The van der Waals surface area contributed by atoms with E-state index in [0.29, 0.717) is 17.0 Å². The number of carbonyl (C=O) groups is 1. The molecule has 1 N–H and O–H groups in total. The highest BCUT2D eigenvalue weighted by atomic mass is 32.1. The highest BCUT2D eigenvalue weighted by Gasteiger charge is 2.19. The Morgan fingerprint density at radius 1 is 1.41 bits per heavy atom. The van der Waals surface area contributed by atoms with Gasteiger partial charge in [-0.1, -0.05) is 11.6 Å². The third-order valence-electron chi connectivity index (χ3n) is 2.30. The maximum absolute atomic E-state index is 11.0. The summed E-state index contributed by atoms with van der Waals surface area (Å²) >= 11 is 0.878. The Balaban J connectivity index is 2.63. The van der Waals surface area contributed by atoms with Crippen LogP contribution in [0.5, 0.6) is 5.75 Å². The molecule has 0 fully saturated rings. The first-order valence-corrected chi connectivity index (χ1v) is 5.57. The normalized spacial score (nSPS) is 10.2. The summed E-state index contributed by atoms with van der Waals surface area (Å²) in [4.78, 5) is 11.0. The van der Waals surface area contributed by atoms with Crippen molar-refractivity contribution in [1.82, 2.24) is 8.75 Å². The van der Waals surface area contributed by atoms with Crippen molar-refractivity contribution in [2.24, 2.45) is 0 Å². The van der Waals surface area contributed by atoms with Gasteiger partial charge in [0, 0.05) is 5.56 Å². The van der Waals surface area contributed by atoms with Crippen molar-refractivity contribution in [1.29, 1.82) is 0 Å². The fourth-order valence-corrected chi connectivity index (χ4v) is 2.07. The summed E-state index contributed by atoms with van der Waals surface area (Å²) in [5, 5.41) is 9.01. The Kier molecular flexibility index (Phi) is 3.06. The largest absolute Gasteiger partial charge is 0.496 e. The van der Waals surface area contributed by atoms with Gasteiger partial charge in [-0.25, -0.2) is 4.79 Å². The summed E-state index contributed by atoms with van der Waals surface area (Å²) in [6.45, 7) is 1.92. The number of rotatable bonds is 3. The predicted molar refractivity (Wildman–Crippen MR) is 63.6 cm³/mol. The zero-order valence-electron chi connectivity index (χ0n) is 9.30. The molecule has 0 radical (unpaired) electrons. The summed E-state index contributed by atoms with van der Waals surface area (Å²) in [6, 6.07) is 5.51. The minimum Gasteiger partial charge on any atom is -0.496 e. The molecule has 0 amide bonds. The second-order valence-electron chi connectivity index (χ2n) is 3.47. The molecule has 0 atom stereocenters. The first-order valence-electron chi connectivity index (χ1n) is 4.84. The molecule has 2 aromatic rings. The third kappa shape index (κ3) is 2.12. The van der Waals surface area contributed by atoms with Gasteiger partial charge in [0.1, 0.15) is 11.4 Å². The summed E-state index contributed by atoms with van der Waals surface area (Å²) in [5.41, 5.74) is 1.96. The van der Waals surface area contributed by atoms with E-state index in [1.807, 2.05) is 19.1 Å². The van der Waals surface area contributed by atoms with Crippen molar-refractivity contribution in [3.8, 4) is 17.0 Å². The summed E-state index contributed by atoms with van der Waals surface area (Å²) < 4.78 is 13.0. The van der Waals surface area contributed by atoms with E-state index in [2.05, 4.69) is 8.75 Å². The number of aryl methyl sites for hydroxylation is 1. The van der Waals surface area contributed by atoms with E-state index in [1.54, 1.807) is 6.07 Å². The Morgan fingerprint density at radius 3 is 2.82 bits per heavy atom. The van der Waals surface area contributed by atoms with Gasteiger partial charge >= 0.3 is 5.97 Å². The number of ether oxygens (including phenoxy) is 1. The molecule has 0 bridgehead atoms. The molecule has 17 heavy (non-hydrogen) atoms. The van der Waals surface area contributed by atoms with E-state index >= 15 is 0 Å². The molecule has 1 aromatic heterocycles. The van der Waals surface area contributed by atoms with Gasteiger partial charge < -0.3 is 9.84 Å². The fourth-order valence-electron chi connectivity index (χ4n) is 1.51. The van der Waals surface area contributed by atoms with E-state index < -0.39 is 5.97 Å². The molecule has 88 valence electrons. The molecule has 0 aliphatic rings. The van der Waals surface area contributed by atoms with Crippen LogP contribution in [0.25, 0.3) is 11.3 Å². The number of aromatic carboxylic acids is 1. The van der Waals surface area contributed by atoms with Crippen molar-refractivity contribution in [3.05, 3.63) is 29.5 Å². The van der Waals surface area contributed by atoms with Gasteiger partial charge in [-0.05, 0) is 19.1 Å². The van der Waals surface area contributed by atoms with Crippen molar-refractivity contribution in [2.45, 2.75) is 6.92 Å². The zero-order valence-corrected chi connectivity index (χ0v) is 10.1. The minimum atomic E-state index is -1.09. The average Bonchev–Trinajstić information content (AvgIpc) is 2.77. The average molecular weight is 250 g/mol. The second kappa shape index (κ2) is 4.50. The lowest BCUT2D eigenvalue weighted by Crippen LogP contribution is -2.00.